The summed E-state index contributed by atoms with van der Waals surface area (Å²) in [4.78, 5) is 11.3. The maximum atomic E-state index is 11.3. The molecule has 0 amide bonds. The molecule has 20 heavy (non-hydrogen) atoms. The van der Waals surface area contributed by atoms with Gasteiger partial charge in [-0.15, -0.1) is 0 Å². The Morgan fingerprint density at radius 2 is 1.85 bits per heavy atom. The van der Waals surface area contributed by atoms with Crippen LogP contribution < -0.4 is 0 Å². The number of carbonyl (C=O) groups is 1. The van der Waals surface area contributed by atoms with Gasteiger partial charge < -0.3 is 5.11 Å². The molecule has 0 radical (unpaired) electrons. The Bertz CT molecular complexity index is 617. The molecule has 2 nitrogen and oxygen atoms in total. The van der Waals surface area contributed by atoms with Gasteiger partial charge in [-0.2, -0.15) is 0 Å². The van der Waals surface area contributed by atoms with Crippen molar-refractivity contribution in [3.05, 3.63) is 58.6 Å². The summed E-state index contributed by atoms with van der Waals surface area (Å²) >= 11 is 5.98. The smallest absolute Gasteiger partial charge is 0.336 e. The Labute approximate surface area is 124 Å². The number of halogens is 1. The highest BCUT2D eigenvalue weighted by Gasteiger charge is 2.12. The van der Waals surface area contributed by atoms with Crippen molar-refractivity contribution in [3.8, 4) is 11.1 Å². The average molecular weight is 289 g/mol. The molecule has 0 saturated heterocycles. The fourth-order valence-electron chi connectivity index (χ4n) is 2.17. The molecule has 0 aliphatic carbocycles. The lowest BCUT2D eigenvalue weighted by atomic mass is 9.94. The van der Waals surface area contributed by atoms with Crippen molar-refractivity contribution in [2.45, 2.75) is 26.2 Å². The van der Waals surface area contributed by atoms with Crippen LogP contribution in [0.5, 0.6) is 0 Å². The number of hydrogen-bond donors (Lipinski definition) is 1. The molecule has 2 aromatic carbocycles. The van der Waals surface area contributed by atoms with Gasteiger partial charge in [0, 0.05) is 5.02 Å². The topological polar surface area (TPSA) is 37.3 Å². The van der Waals surface area contributed by atoms with Gasteiger partial charge in [0.05, 0.1) is 5.56 Å². The average Bonchev–Trinajstić information content (AvgIpc) is 2.46. The van der Waals surface area contributed by atoms with Gasteiger partial charge in [0.15, 0.2) is 0 Å². The first-order chi connectivity index (χ1) is 9.52. The first kappa shape index (κ1) is 14.6. The zero-order chi connectivity index (χ0) is 14.7. The van der Waals surface area contributed by atoms with Crippen molar-refractivity contribution >= 4 is 17.6 Å². The second-order valence-electron chi connectivity index (χ2n) is 4.93. The lowest BCUT2D eigenvalue weighted by Gasteiger charge is -2.11. The molecule has 1 unspecified atom stereocenters. The van der Waals surface area contributed by atoms with E-state index in [1.54, 1.807) is 18.2 Å². The largest absolute Gasteiger partial charge is 0.478 e. The zero-order valence-electron chi connectivity index (χ0n) is 11.6. The Kier molecular flexibility index (Phi) is 4.46. The molecule has 0 aromatic heterocycles. The fraction of sp³-hybridized carbons (Fsp3) is 0.235. The van der Waals surface area contributed by atoms with Gasteiger partial charge >= 0.3 is 5.97 Å². The minimum Gasteiger partial charge on any atom is -0.478 e. The summed E-state index contributed by atoms with van der Waals surface area (Å²) in [5, 5.41) is 9.79. The Balaban J connectivity index is 2.46. The van der Waals surface area contributed by atoms with E-state index in [0.29, 0.717) is 16.5 Å². The van der Waals surface area contributed by atoms with Gasteiger partial charge in [-0.1, -0.05) is 49.7 Å². The minimum atomic E-state index is -0.942. The highest BCUT2D eigenvalue weighted by atomic mass is 35.5. The standard InChI is InChI=1S/C17H17ClO2/c1-3-11(2)12-4-6-13(7-5-12)16-10-14(18)8-9-15(16)17(19)20/h4-11H,3H2,1-2H3,(H,19,20). The molecule has 1 N–H and O–H groups in total. The van der Waals surface area contributed by atoms with Gasteiger partial charge in [0.2, 0.25) is 0 Å². The molecule has 2 rings (SSSR count). The van der Waals surface area contributed by atoms with Gasteiger partial charge in [-0.3, -0.25) is 0 Å². The normalized spacial score (nSPS) is 12.2. The molecule has 104 valence electrons. The molecular formula is C17H17ClO2. The molecule has 0 aliphatic rings. The van der Waals surface area contributed by atoms with E-state index >= 15 is 0 Å². The van der Waals surface area contributed by atoms with Crippen molar-refractivity contribution in [1.29, 1.82) is 0 Å². The molecule has 0 fully saturated rings. The van der Waals surface area contributed by atoms with Crippen LogP contribution >= 0.6 is 11.6 Å². The third-order valence-corrected chi connectivity index (χ3v) is 3.85. The number of benzene rings is 2. The van der Waals surface area contributed by atoms with Crippen molar-refractivity contribution in [1.82, 2.24) is 0 Å². The van der Waals surface area contributed by atoms with E-state index in [-0.39, 0.29) is 5.56 Å². The molecule has 2 aromatic rings. The fourth-order valence-corrected chi connectivity index (χ4v) is 2.34. The van der Waals surface area contributed by atoms with Crippen LogP contribution in [-0.2, 0) is 0 Å². The van der Waals surface area contributed by atoms with E-state index in [1.807, 2.05) is 12.1 Å². The number of rotatable bonds is 4. The van der Waals surface area contributed by atoms with Gasteiger partial charge in [-0.25, -0.2) is 4.79 Å². The summed E-state index contributed by atoms with van der Waals surface area (Å²) in [6.45, 7) is 4.33. The van der Waals surface area contributed by atoms with Crippen molar-refractivity contribution in [3.63, 3.8) is 0 Å². The number of carboxylic acids is 1. The molecule has 0 spiro atoms. The predicted octanol–water partition coefficient (Wildman–Crippen LogP) is 5.22. The number of hydrogen-bond acceptors (Lipinski definition) is 1. The van der Waals surface area contributed by atoms with Crippen LogP contribution in [0.1, 0.15) is 42.1 Å². The van der Waals surface area contributed by atoms with Crippen LogP contribution in [0.15, 0.2) is 42.5 Å². The Morgan fingerprint density at radius 3 is 2.40 bits per heavy atom. The first-order valence-electron chi connectivity index (χ1n) is 6.66. The van der Waals surface area contributed by atoms with Crippen molar-refractivity contribution in [2.75, 3.05) is 0 Å². The van der Waals surface area contributed by atoms with Crippen LogP contribution in [0.4, 0.5) is 0 Å². The van der Waals surface area contributed by atoms with Crippen LogP contribution in [0.2, 0.25) is 5.02 Å². The Morgan fingerprint density at radius 1 is 1.20 bits per heavy atom. The summed E-state index contributed by atoms with van der Waals surface area (Å²) in [6, 6.07) is 12.9. The van der Waals surface area contributed by atoms with Crippen LogP contribution in [0.25, 0.3) is 11.1 Å². The van der Waals surface area contributed by atoms with E-state index in [4.69, 9.17) is 11.6 Å². The van der Waals surface area contributed by atoms with E-state index in [0.717, 1.165) is 12.0 Å². The van der Waals surface area contributed by atoms with Gasteiger partial charge in [-0.05, 0) is 47.2 Å². The monoisotopic (exact) mass is 288 g/mol. The van der Waals surface area contributed by atoms with Crippen molar-refractivity contribution < 1.29 is 9.90 Å². The lowest BCUT2D eigenvalue weighted by Crippen LogP contribution is -1.99. The maximum absolute atomic E-state index is 11.3. The number of carboxylic acid groups (broad SMARTS) is 1. The van der Waals surface area contributed by atoms with Gasteiger partial charge in [0.1, 0.15) is 0 Å². The summed E-state index contributed by atoms with van der Waals surface area (Å²) in [5.74, 6) is -0.440. The number of aromatic carboxylic acids is 1. The minimum absolute atomic E-state index is 0.269. The summed E-state index contributed by atoms with van der Waals surface area (Å²) in [7, 11) is 0. The maximum Gasteiger partial charge on any atom is 0.336 e. The first-order valence-corrected chi connectivity index (χ1v) is 7.04. The second kappa shape index (κ2) is 6.10. The molecule has 3 heteroatoms. The van der Waals surface area contributed by atoms with Crippen LogP contribution in [-0.4, -0.2) is 11.1 Å². The lowest BCUT2D eigenvalue weighted by molar-refractivity contribution is 0.0698. The molecule has 0 heterocycles. The molecule has 0 saturated carbocycles. The third kappa shape index (κ3) is 3.02. The van der Waals surface area contributed by atoms with Crippen molar-refractivity contribution in [2.24, 2.45) is 0 Å². The quantitative estimate of drug-likeness (QED) is 0.837. The molecule has 1 atom stereocenters. The summed E-state index contributed by atoms with van der Waals surface area (Å²) in [6.07, 6.45) is 1.08. The zero-order valence-corrected chi connectivity index (χ0v) is 12.3. The SMILES string of the molecule is CCC(C)c1ccc(-c2cc(Cl)ccc2C(=O)O)cc1. The van der Waals surface area contributed by atoms with E-state index in [2.05, 4.69) is 26.0 Å². The summed E-state index contributed by atoms with van der Waals surface area (Å²) in [5.41, 5.74) is 3.05. The molecular weight excluding hydrogens is 272 g/mol. The predicted molar refractivity (Wildman–Crippen MR) is 82.6 cm³/mol. The second-order valence-corrected chi connectivity index (χ2v) is 5.36. The molecule has 0 bridgehead atoms. The van der Waals surface area contributed by atoms with E-state index < -0.39 is 5.97 Å². The highest BCUT2D eigenvalue weighted by Crippen LogP contribution is 2.29. The van der Waals surface area contributed by atoms with Gasteiger partial charge in [0.25, 0.3) is 0 Å². The highest BCUT2D eigenvalue weighted by molar-refractivity contribution is 6.31. The third-order valence-electron chi connectivity index (χ3n) is 3.62. The van der Waals surface area contributed by atoms with Crippen LogP contribution in [0.3, 0.4) is 0 Å². The Hall–Kier alpha value is -1.80. The molecule has 0 aliphatic heterocycles. The van der Waals surface area contributed by atoms with Crippen LogP contribution in [0, 0.1) is 0 Å². The van der Waals surface area contributed by atoms with E-state index in [9.17, 15) is 9.90 Å². The van der Waals surface area contributed by atoms with E-state index in [1.165, 1.54) is 5.56 Å². The summed E-state index contributed by atoms with van der Waals surface area (Å²) < 4.78 is 0.